The second kappa shape index (κ2) is 4.14. The van der Waals surface area contributed by atoms with E-state index in [2.05, 4.69) is 24.3 Å². The van der Waals surface area contributed by atoms with Crippen LogP contribution >= 0.6 is 11.8 Å². The molecule has 0 N–H and O–H groups in total. The second-order valence-corrected chi connectivity index (χ2v) is 6.08. The van der Waals surface area contributed by atoms with Gasteiger partial charge >= 0.3 is 0 Å². The molecule has 1 saturated heterocycles. The molecule has 0 spiro atoms. The molecule has 2 aromatic rings. The van der Waals surface area contributed by atoms with Gasteiger partial charge in [0.2, 0.25) is 0 Å². The molecular weight excluding hydrogens is 254 g/mol. The summed E-state index contributed by atoms with van der Waals surface area (Å²) in [7, 11) is 0. The Morgan fingerprint density at radius 2 is 1.89 bits per heavy atom. The first-order chi connectivity index (χ1) is 9.34. The van der Waals surface area contributed by atoms with Gasteiger partial charge in [0, 0.05) is 17.9 Å². The molecule has 1 atom stereocenters. The molecule has 3 heteroatoms. The minimum atomic E-state index is 0.199. The minimum Gasteiger partial charge on any atom is -0.322 e. The van der Waals surface area contributed by atoms with Crippen LogP contribution in [-0.4, -0.2) is 23.1 Å². The number of carbonyl (C=O) groups is 1. The monoisotopic (exact) mass is 267 g/mol. The molecule has 2 aromatic carbocycles. The first-order valence-corrected chi connectivity index (χ1v) is 7.51. The highest BCUT2D eigenvalue weighted by atomic mass is 32.2. The van der Waals surface area contributed by atoms with Crippen LogP contribution in [0.4, 0.5) is 0 Å². The zero-order chi connectivity index (χ0) is 12.8. The maximum Gasteiger partial charge on any atom is 0.255 e. The molecule has 1 amide bonds. The number of fused-ring (bicyclic) bond motifs is 3. The average Bonchev–Trinajstić information content (AvgIpc) is 3.04. The van der Waals surface area contributed by atoms with Crippen LogP contribution < -0.4 is 0 Å². The highest BCUT2D eigenvalue weighted by Crippen LogP contribution is 2.46. The Morgan fingerprint density at radius 1 is 1.05 bits per heavy atom. The number of amides is 1. The SMILES string of the molecule is O=C1c2ccc(-c3ccccc3)cc2[C@@H]2SCCN12. The van der Waals surface area contributed by atoms with E-state index >= 15 is 0 Å². The number of benzene rings is 2. The highest BCUT2D eigenvalue weighted by molar-refractivity contribution is 7.99. The number of carbonyl (C=O) groups excluding carboxylic acids is 1. The number of nitrogens with zero attached hydrogens (tertiary/aromatic N) is 1. The first-order valence-electron chi connectivity index (χ1n) is 6.46. The van der Waals surface area contributed by atoms with Crippen LogP contribution in [0.5, 0.6) is 0 Å². The van der Waals surface area contributed by atoms with Crippen LogP contribution in [0, 0.1) is 0 Å². The summed E-state index contributed by atoms with van der Waals surface area (Å²) in [4.78, 5) is 14.2. The summed E-state index contributed by atoms with van der Waals surface area (Å²) in [5.41, 5.74) is 4.48. The van der Waals surface area contributed by atoms with Crippen molar-refractivity contribution in [2.24, 2.45) is 0 Å². The normalized spacial score (nSPS) is 20.5. The lowest BCUT2D eigenvalue weighted by Crippen LogP contribution is -2.22. The van der Waals surface area contributed by atoms with Crippen molar-refractivity contribution in [3.63, 3.8) is 0 Å². The lowest BCUT2D eigenvalue weighted by atomic mass is 10.0. The largest absolute Gasteiger partial charge is 0.322 e. The Labute approximate surface area is 116 Å². The average molecular weight is 267 g/mol. The molecule has 0 unspecified atom stereocenters. The zero-order valence-electron chi connectivity index (χ0n) is 10.4. The van der Waals surface area contributed by atoms with Gasteiger partial charge in [0.25, 0.3) is 5.91 Å². The van der Waals surface area contributed by atoms with Crippen molar-refractivity contribution < 1.29 is 4.79 Å². The molecule has 0 aliphatic carbocycles. The van der Waals surface area contributed by atoms with Gasteiger partial charge in [-0.25, -0.2) is 0 Å². The van der Waals surface area contributed by atoms with Crippen LogP contribution in [0.1, 0.15) is 21.3 Å². The van der Waals surface area contributed by atoms with E-state index in [0.717, 1.165) is 17.9 Å². The summed E-state index contributed by atoms with van der Waals surface area (Å²) in [6.07, 6.45) is 0. The lowest BCUT2D eigenvalue weighted by molar-refractivity contribution is 0.0794. The van der Waals surface area contributed by atoms with E-state index in [4.69, 9.17) is 0 Å². The summed E-state index contributed by atoms with van der Waals surface area (Å²) < 4.78 is 0. The highest BCUT2D eigenvalue weighted by Gasteiger charge is 2.40. The standard InChI is InChI=1S/C16H13NOS/c18-15-13-7-6-12(11-4-2-1-3-5-11)10-14(13)16-17(15)8-9-19-16/h1-7,10,16H,8-9H2/t16-/m0/s1. The van der Waals surface area contributed by atoms with Crippen molar-refractivity contribution in [2.45, 2.75) is 5.37 Å². The maximum absolute atomic E-state index is 12.2. The van der Waals surface area contributed by atoms with E-state index in [0.29, 0.717) is 0 Å². The number of rotatable bonds is 1. The van der Waals surface area contributed by atoms with Crippen LogP contribution in [0.2, 0.25) is 0 Å². The maximum atomic E-state index is 12.2. The van der Waals surface area contributed by atoms with Crippen molar-refractivity contribution >= 4 is 17.7 Å². The molecule has 1 fully saturated rings. The van der Waals surface area contributed by atoms with Gasteiger partial charge < -0.3 is 4.90 Å². The lowest BCUT2D eigenvalue weighted by Gasteiger charge is -2.13. The van der Waals surface area contributed by atoms with Gasteiger partial charge in [-0.2, -0.15) is 0 Å². The van der Waals surface area contributed by atoms with E-state index in [9.17, 15) is 4.79 Å². The zero-order valence-corrected chi connectivity index (χ0v) is 11.2. The van der Waals surface area contributed by atoms with Crippen molar-refractivity contribution in [2.75, 3.05) is 12.3 Å². The third-order valence-corrected chi connectivity index (χ3v) is 5.05. The minimum absolute atomic E-state index is 0.199. The van der Waals surface area contributed by atoms with Gasteiger partial charge in [0.15, 0.2) is 0 Å². The Bertz CT molecular complexity index is 653. The predicted octanol–water partition coefficient (Wildman–Crippen LogP) is 3.55. The van der Waals surface area contributed by atoms with Crippen molar-refractivity contribution in [3.05, 3.63) is 59.7 Å². The van der Waals surface area contributed by atoms with Gasteiger partial charge in [0.1, 0.15) is 5.37 Å². The summed E-state index contributed by atoms with van der Waals surface area (Å²) in [5, 5.41) is 0.242. The van der Waals surface area contributed by atoms with Gasteiger partial charge in [-0.3, -0.25) is 4.79 Å². The number of hydrogen-bond donors (Lipinski definition) is 0. The van der Waals surface area contributed by atoms with Crippen molar-refractivity contribution in [1.82, 2.24) is 4.90 Å². The summed E-state index contributed by atoms with van der Waals surface area (Å²) in [6.45, 7) is 0.878. The Balaban J connectivity index is 1.84. The fourth-order valence-corrected chi connectivity index (χ4v) is 4.14. The topological polar surface area (TPSA) is 20.3 Å². The third kappa shape index (κ3) is 1.61. The van der Waals surface area contributed by atoms with Crippen LogP contribution in [-0.2, 0) is 0 Å². The Kier molecular flexibility index (Phi) is 2.42. The van der Waals surface area contributed by atoms with Crippen LogP contribution in [0.3, 0.4) is 0 Å². The first kappa shape index (κ1) is 11.1. The van der Waals surface area contributed by atoms with Crippen molar-refractivity contribution in [3.8, 4) is 11.1 Å². The Hall–Kier alpha value is -1.74. The van der Waals surface area contributed by atoms with E-state index in [1.54, 1.807) is 0 Å². The second-order valence-electron chi connectivity index (χ2n) is 4.89. The van der Waals surface area contributed by atoms with Gasteiger partial charge in [-0.15, -0.1) is 11.8 Å². The molecule has 0 radical (unpaired) electrons. The molecule has 0 aromatic heterocycles. The molecule has 0 saturated carbocycles. The molecule has 94 valence electrons. The molecule has 2 nitrogen and oxygen atoms in total. The summed E-state index contributed by atoms with van der Waals surface area (Å²) in [6, 6.07) is 16.6. The predicted molar refractivity (Wildman–Crippen MR) is 78.1 cm³/mol. The fourth-order valence-electron chi connectivity index (χ4n) is 2.86. The number of thioether (sulfide) groups is 1. The van der Waals surface area contributed by atoms with E-state index in [-0.39, 0.29) is 11.3 Å². The van der Waals surface area contributed by atoms with Crippen molar-refractivity contribution in [1.29, 1.82) is 0 Å². The van der Waals surface area contributed by atoms with E-state index in [1.165, 1.54) is 16.7 Å². The van der Waals surface area contributed by atoms with Crippen LogP contribution in [0.15, 0.2) is 48.5 Å². The molecule has 2 aliphatic heterocycles. The third-order valence-electron chi connectivity index (χ3n) is 3.81. The van der Waals surface area contributed by atoms with Crippen LogP contribution in [0.25, 0.3) is 11.1 Å². The van der Waals surface area contributed by atoms with Gasteiger partial charge in [-0.05, 0) is 28.8 Å². The fraction of sp³-hybridized carbons (Fsp3) is 0.188. The van der Waals surface area contributed by atoms with Gasteiger partial charge in [0.05, 0.1) is 0 Å². The summed E-state index contributed by atoms with van der Waals surface area (Å²) >= 11 is 1.87. The quantitative estimate of drug-likeness (QED) is 0.787. The molecule has 2 heterocycles. The summed E-state index contributed by atoms with van der Waals surface area (Å²) in [5.74, 6) is 1.25. The number of hydrogen-bond acceptors (Lipinski definition) is 2. The van der Waals surface area contributed by atoms with E-state index in [1.807, 2.05) is 40.9 Å². The molecule has 2 aliphatic rings. The molecular formula is C16H13NOS. The molecule has 19 heavy (non-hydrogen) atoms. The molecule has 0 bridgehead atoms. The smallest absolute Gasteiger partial charge is 0.255 e. The van der Waals surface area contributed by atoms with E-state index < -0.39 is 0 Å². The van der Waals surface area contributed by atoms with Gasteiger partial charge in [-0.1, -0.05) is 36.4 Å². The molecule has 4 rings (SSSR count). The Morgan fingerprint density at radius 3 is 2.74 bits per heavy atom.